The molecular formula is C13H12IN3O2. The van der Waals surface area contributed by atoms with Gasteiger partial charge in [0.1, 0.15) is 5.76 Å². The van der Waals surface area contributed by atoms with Gasteiger partial charge in [0.15, 0.2) is 0 Å². The molecule has 98 valence electrons. The zero-order valence-electron chi connectivity index (χ0n) is 10.7. The molecule has 1 aromatic carbocycles. The lowest BCUT2D eigenvalue weighted by molar-refractivity contribution is 0.393. The molecule has 0 spiro atoms. The summed E-state index contributed by atoms with van der Waals surface area (Å²) in [5, 5.41) is 3.97. The summed E-state index contributed by atoms with van der Waals surface area (Å²) in [6, 6.07) is 4.01. The molecule has 0 aliphatic rings. The van der Waals surface area contributed by atoms with E-state index in [9.17, 15) is 4.79 Å². The SMILES string of the molecule is Cc1noc(C)c1-c1cc(I)c2c(c1)[nH]c(=O)n2C. The van der Waals surface area contributed by atoms with E-state index in [0.29, 0.717) is 0 Å². The number of benzene rings is 1. The summed E-state index contributed by atoms with van der Waals surface area (Å²) < 4.78 is 7.84. The molecule has 0 aliphatic heterocycles. The third-order valence-corrected chi connectivity index (χ3v) is 4.09. The summed E-state index contributed by atoms with van der Waals surface area (Å²) in [7, 11) is 1.76. The van der Waals surface area contributed by atoms with Crippen LogP contribution < -0.4 is 5.69 Å². The first kappa shape index (κ1) is 12.5. The maximum absolute atomic E-state index is 11.7. The third-order valence-electron chi connectivity index (χ3n) is 3.27. The number of hydrogen-bond acceptors (Lipinski definition) is 3. The number of aromatic amines is 1. The molecule has 2 aromatic heterocycles. The maximum Gasteiger partial charge on any atom is 0.326 e. The molecule has 0 amide bonds. The van der Waals surface area contributed by atoms with Crippen molar-refractivity contribution in [2.24, 2.45) is 7.05 Å². The molecule has 0 saturated heterocycles. The van der Waals surface area contributed by atoms with E-state index in [1.165, 1.54) is 0 Å². The van der Waals surface area contributed by atoms with Gasteiger partial charge in [0.05, 0.1) is 16.7 Å². The molecule has 3 aromatic rings. The van der Waals surface area contributed by atoms with Gasteiger partial charge in [-0.05, 0) is 54.1 Å². The number of halogens is 1. The van der Waals surface area contributed by atoms with Crippen LogP contribution in [0.2, 0.25) is 0 Å². The highest BCUT2D eigenvalue weighted by atomic mass is 127. The van der Waals surface area contributed by atoms with Crippen LogP contribution in [0, 0.1) is 17.4 Å². The summed E-state index contributed by atoms with van der Waals surface area (Å²) in [4.78, 5) is 14.6. The molecule has 5 nitrogen and oxygen atoms in total. The lowest BCUT2D eigenvalue weighted by Crippen LogP contribution is -2.12. The fraction of sp³-hybridized carbons (Fsp3) is 0.231. The predicted molar refractivity (Wildman–Crippen MR) is 81.2 cm³/mol. The molecule has 6 heteroatoms. The van der Waals surface area contributed by atoms with E-state index >= 15 is 0 Å². The van der Waals surface area contributed by atoms with Crippen LogP contribution in [0.3, 0.4) is 0 Å². The van der Waals surface area contributed by atoms with Crippen LogP contribution in [0.25, 0.3) is 22.2 Å². The smallest absolute Gasteiger partial charge is 0.326 e. The number of rotatable bonds is 1. The van der Waals surface area contributed by atoms with Crippen molar-refractivity contribution in [1.82, 2.24) is 14.7 Å². The number of imidazole rings is 1. The first-order valence-electron chi connectivity index (χ1n) is 5.80. The second-order valence-corrected chi connectivity index (χ2v) is 5.70. The molecule has 2 heterocycles. The normalized spacial score (nSPS) is 11.4. The predicted octanol–water partition coefficient (Wildman–Crippen LogP) is 2.74. The average Bonchev–Trinajstić information content (AvgIpc) is 2.81. The average molecular weight is 369 g/mol. The summed E-state index contributed by atoms with van der Waals surface area (Å²) >= 11 is 2.24. The first-order valence-corrected chi connectivity index (χ1v) is 6.88. The molecular weight excluding hydrogens is 357 g/mol. The number of aryl methyl sites for hydroxylation is 3. The lowest BCUT2D eigenvalue weighted by atomic mass is 10.0. The molecule has 0 unspecified atom stereocenters. The van der Waals surface area contributed by atoms with Gasteiger partial charge < -0.3 is 9.51 Å². The Morgan fingerprint density at radius 2 is 2.11 bits per heavy atom. The Hall–Kier alpha value is -1.57. The van der Waals surface area contributed by atoms with E-state index in [4.69, 9.17) is 4.52 Å². The van der Waals surface area contributed by atoms with E-state index < -0.39 is 0 Å². The highest BCUT2D eigenvalue weighted by Gasteiger charge is 2.15. The number of hydrogen-bond donors (Lipinski definition) is 1. The number of H-pyrrole nitrogens is 1. The van der Waals surface area contributed by atoms with Crippen LogP contribution in [-0.2, 0) is 7.05 Å². The molecule has 0 saturated carbocycles. The topological polar surface area (TPSA) is 63.8 Å². The monoisotopic (exact) mass is 369 g/mol. The molecule has 0 fully saturated rings. The minimum atomic E-state index is -0.108. The highest BCUT2D eigenvalue weighted by Crippen LogP contribution is 2.31. The Kier molecular flexibility index (Phi) is 2.77. The van der Waals surface area contributed by atoms with Gasteiger partial charge in [0.25, 0.3) is 0 Å². The van der Waals surface area contributed by atoms with Gasteiger partial charge in [-0.2, -0.15) is 0 Å². The molecule has 0 bridgehead atoms. The maximum atomic E-state index is 11.7. The van der Waals surface area contributed by atoms with Gasteiger partial charge in [-0.25, -0.2) is 4.79 Å². The van der Waals surface area contributed by atoms with Crippen molar-refractivity contribution < 1.29 is 4.52 Å². The first-order chi connectivity index (χ1) is 8.99. The number of nitrogens with one attached hydrogen (secondary N) is 1. The molecule has 0 aliphatic carbocycles. The van der Waals surface area contributed by atoms with E-state index in [1.807, 2.05) is 26.0 Å². The standard InChI is InChI=1S/C13H12IN3O2/c1-6-11(7(2)19-16-6)8-4-9(14)12-10(5-8)15-13(18)17(12)3/h4-5H,1-3H3,(H,15,18). The van der Waals surface area contributed by atoms with Crippen LogP contribution in [0.4, 0.5) is 0 Å². The number of aromatic nitrogens is 3. The fourth-order valence-corrected chi connectivity index (χ4v) is 3.36. The largest absolute Gasteiger partial charge is 0.361 e. The Morgan fingerprint density at radius 3 is 2.74 bits per heavy atom. The van der Waals surface area contributed by atoms with Gasteiger partial charge in [-0.3, -0.25) is 4.57 Å². The summed E-state index contributed by atoms with van der Waals surface area (Å²) in [5.74, 6) is 0.783. The van der Waals surface area contributed by atoms with E-state index in [0.717, 1.165) is 37.2 Å². The Labute approximate surface area is 122 Å². The number of fused-ring (bicyclic) bond motifs is 1. The van der Waals surface area contributed by atoms with Crippen molar-refractivity contribution in [1.29, 1.82) is 0 Å². The van der Waals surface area contributed by atoms with Gasteiger partial charge in [0, 0.05) is 16.2 Å². The van der Waals surface area contributed by atoms with Crippen molar-refractivity contribution >= 4 is 33.6 Å². The van der Waals surface area contributed by atoms with Gasteiger partial charge in [-0.15, -0.1) is 0 Å². The van der Waals surface area contributed by atoms with Crippen molar-refractivity contribution in [2.45, 2.75) is 13.8 Å². The Bertz CT molecular complexity index is 822. The summed E-state index contributed by atoms with van der Waals surface area (Å²) in [6.45, 7) is 3.80. The van der Waals surface area contributed by atoms with Crippen molar-refractivity contribution in [3.8, 4) is 11.1 Å². The summed E-state index contributed by atoms with van der Waals surface area (Å²) in [5.41, 5.74) is 4.49. The zero-order valence-corrected chi connectivity index (χ0v) is 12.9. The number of nitrogens with zero attached hydrogens (tertiary/aromatic N) is 2. The second kappa shape index (κ2) is 4.22. The van der Waals surface area contributed by atoms with E-state index in [2.05, 4.69) is 32.7 Å². The minimum absolute atomic E-state index is 0.108. The van der Waals surface area contributed by atoms with Gasteiger partial charge >= 0.3 is 5.69 Å². The highest BCUT2D eigenvalue weighted by molar-refractivity contribution is 14.1. The summed E-state index contributed by atoms with van der Waals surface area (Å²) in [6.07, 6.45) is 0. The van der Waals surface area contributed by atoms with Crippen LogP contribution in [0.15, 0.2) is 21.5 Å². The Morgan fingerprint density at radius 1 is 1.37 bits per heavy atom. The lowest BCUT2D eigenvalue weighted by Gasteiger charge is -2.04. The minimum Gasteiger partial charge on any atom is -0.361 e. The molecule has 3 rings (SSSR count). The van der Waals surface area contributed by atoms with Crippen LogP contribution in [0.1, 0.15) is 11.5 Å². The quantitative estimate of drug-likeness (QED) is 0.671. The fourth-order valence-electron chi connectivity index (χ4n) is 2.38. The van der Waals surface area contributed by atoms with Gasteiger partial charge in [0.2, 0.25) is 0 Å². The van der Waals surface area contributed by atoms with Crippen molar-refractivity contribution in [3.63, 3.8) is 0 Å². The molecule has 19 heavy (non-hydrogen) atoms. The molecule has 1 N–H and O–H groups in total. The van der Waals surface area contributed by atoms with Crippen LogP contribution in [0.5, 0.6) is 0 Å². The molecule has 0 atom stereocenters. The van der Waals surface area contributed by atoms with Crippen LogP contribution >= 0.6 is 22.6 Å². The van der Waals surface area contributed by atoms with E-state index in [1.54, 1.807) is 11.6 Å². The van der Waals surface area contributed by atoms with Crippen LogP contribution in [-0.4, -0.2) is 14.7 Å². The Balaban J connectivity index is 2.36. The third kappa shape index (κ3) is 1.81. The second-order valence-electron chi connectivity index (χ2n) is 4.54. The van der Waals surface area contributed by atoms with Crippen molar-refractivity contribution in [3.05, 3.63) is 37.6 Å². The van der Waals surface area contributed by atoms with Crippen molar-refractivity contribution in [2.75, 3.05) is 0 Å². The molecule has 0 radical (unpaired) electrons. The van der Waals surface area contributed by atoms with E-state index in [-0.39, 0.29) is 5.69 Å². The van der Waals surface area contributed by atoms with Gasteiger partial charge in [-0.1, -0.05) is 5.16 Å². The zero-order chi connectivity index (χ0) is 13.7.